The van der Waals surface area contributed by atoms with Crippen LogP contribution in [-0.4, -0.2) is 34.0 Å². The number of benzene rings is 2. The van der Waals surface area contributed by atoms with Crippen LogP contribution in [0.5, 0.6) is 0 Å². The number of hydrogen-bond acceptors (Lipinski definition) is 6. The van der Waals surface area contributed by atoms with E-state index in [1.54, 1.807) is 23.0 Å². The Bertz CT molecular complexity index is 1290. The Morgan fingerprint density at radius 1 is 1.00 bits per heavy atom. The van der Waals surface area contributed by atoms with Gasteiger partial charge in [-0.25, -0.2) is 9.48 Å². The molecule has 0 saturated carbocycles. The highest BCUT2D eigenvalue weighted by atomic mass is 32.1. The second kappa shape index (κ2) is 8.76. The third-order valence-electron chi connectivity index (χ3n) is 5.27. The van der Waals surface area contributed by atoms with E-state index in [9.17, 15) is 9.59 Å². The van der Waals surface area contributed by atoms with Gasteiger partial charge in [-0.1, -0.05) is 35.0 Å². The molecule has 0 atom stereocenters. The molecule has 32 heavy (non-hydrogen) atoms. The number of methoxy groups -OCH3 is 1. The lowest BCUT2D eigenvalue weighted by molar-refractivity contribution is 0.0601. The standard InChI is InChI=1S/C24H22N4O3S/c1-14-5-7-17(8-6-14)20-13-25-27-28(20)19-11-9-18(10-12-19)22(29)26-23-21(24(30)31-4)15(2)16(3)32-23/h5-13H,1-4H3,(H,26,29). The normalized spacial score (nSPS) is 10.8. The van der Waals surface area contributed by atoms with E-state index in [-0.39, 0.29) is 5.91 Å². The van der Waals surface area contributed by atoms with Gasteiger partial charge in [-0.15, -0.1) is 16.4 Å². The summed E-state index contributed by atoms with van der Waals surface area (Å²) in [6.07, 6.45) is 1.71. The van der Waals surface area contributed by atoms with Gasteiger partial charge in [0.1, 0.15) is 5.00 Å². The molecule has 2 heterocycles. The maximum absolute atomic E-state index is 12.8. The van der Waals surface area contributed by atoms with Gasteiger partial charge in [-0.3, -0.25) is 4.79 Å². The molecule has 2 aromatic heterocycles. The first-order chi connectivity index (χ1) is 15.4. The van der Waals surface area contributed by atoms with Gasteiger partial charge in [0.2, 0.25) is 0 Å². The summed E-state index contributed by atoms with van der Waals surface area (Å²) in [7, 11) is 1.33. The number of hydrogen-bond donors (Lipinski definition) is 1. The van der Waals surface area contributed by atoms with E-state index >= 15 is 0 Å². The quantitative estimate of drug-likeness (QED) is 0.438. The third-order valence-corrected chi connectivity index (χ3v) is 6.40. The van der Waals surface area contributed by atoms with Gasteiger partial charge in [-0.2, -0.15) is 0 Å². The minimum Gasteiger partial charge on any atom is -0.465 e. The molecule has 1 N–H and O–H groups in total. The molecule has 0 fully saturated rings. The van der Waals surface area contributed by atoms with Crippen molar-refractivity contribution in [3.8, 4) is 16.9 Å². The molecule has 8 heteroatoms. The number of ether oxygens (including phenoxy) is 1. The summed E-state index contributed by atoms with van der Waals surface area (Å²) in [6.45, 7) is 5.78. The minimum atomic E-state index is -0.465. The fourth-order valence-corrected chi connectivity index (χ4v) is 4.38. The van der Waals surface area contributed by atoms with Gasteiger partial charge < -0.3 is 10.1 Å². The van der Waals surface area contributed by atoms with Crippen LogP contribution in [0.4, 0.5) is 5.00 Å². The number of rotatable bonds is 5. The minimum absolute atomic E-state index is 0.305. The Morgan fingerprint density at radius 2 is 1.69 bits per heavy atom. The Kier molecular flexibility index (Phi) is 5.87. The Hall–Kier alpha value is -3.78. The number of nitrogens with one attached hydrogen (secondary N) is 1. The van der Waals surface area contributed by atoms with Gasteiger partial charge in [-0.05, 0) is 50.6 Å². The molecular weight excluding hydrogens is 424 g/mol. The smallest absolute Gasteiger partial charge is 0.341 e. The number of aryl methyl sites for hydroxylation is 2. The van der Waals surface area contributed by atoms with Crippen molar-refractivity contribution in [3.05, 3.63) is 81.9 Å². The first-order valence-corrected chi connectivity index (χ1v) is 10.8. The zero-order valence-electron chi connectivity index (χ0n) is 18.2. The number of carbonyl (C=O) groups is 2. The van der Waals surface area contributed by atoms with E-state index in [0.29, 0.717) is 16.1 Å². The zero-order valence-corrected chi connectivity index (χ0v) is 19.0. The van der Waals surface area contributed by atoms with Gasteiger partial charge in [0, 0.05) is 16.0 Å². The first kappa shape index (κ1) is 21.5. The molecule has 0 saturated heterocycles. The molecule has 162 valence electrons. The van der Waals surface area contributed by atoms with Gasteiger partial charge in [0.05, 0.1) is 30.3 Å². The second-order valence-electron chi connectivity index (χ2n) is 7.38. The maximum atomic E-state index is 12.8. The van der Waals surface area contributed by atoms with E-state index in [0.717, 1.165) is 27.4 Å². The van der Waals surface area contributed by atoms with Crippen LogP contribution < -0.4 is 5.32 Å². The molecule has 0 aliphatic carbocycles. The fourth-order valence-electron chi connectivity index (χ4n) is 3.34. The van der Waals surface area contributed by atoms with Gasteiger partial charge >= 0.3 is 5.97 Å². The van der Waals surface area contributed by atoms with Crippen molar-refractivity contribution in [2.45, 2.75) is 20.8 Å². The van der Waals surface area contributed by atoms with Crippen LogP contribution in [-0.2, 0) is 4.74 Å². The monoisotopic (exact) mass is 446 g/mol. The van der Waals surface area contributed by atoms with Crippen LogP contribution in [0.2, 0.25) is 0 Å². The molecule has 0 bridgehead atoms. The molecule has 4 aromatic rings. The fraction of sp³-hybridized carbons (Fsp3) is 0.167. The van der Waals surface area contributed by atoms with Gasteiger partial charge in [0.25, 0.3) is 5.91 Å². The van der Waals surface area contributed by atoms with Crippen molar-refractivity contribution in [3.63, 3.8) is 0 Å². The molecular formula is C24H22N4O3S. The lowest BCUT2D eigenvalue weighted by Gasteiger charge is -2.09. The lowest BCUT2D eigenvalue weighted by Crippen LogP contribution is -2.14. The summed E-state index contributed by atoms with van der Waals surface area (Å²) in [5, 5.41) is 11.6. The van der Waals surface area contributed by atoms with Crippen LogP contribution in [0.1, 0.15) is 36.7 Å². The Morgan fingerprint density at radius 3 is 2.34 bits per heavy atom. The van der Waals surface area contributed by atoms with Crippen molar-refractivity contribution < 1.29 is 14.3 Å². The van der Waals surface area contributed by atoms with Crippen LogP contribution in [0.25, 0.3) is 16.9 Å². The molecule has 4 rings (SSSR count). The molecule has 0 aliphatic heterocycles. The number of anilines is 1. The van der Waals surface area contributed by atoms with E-state index in [2.05, 4.69) is 15.6 Å². The van der Waals surface area contributed by atoms with E-state index in [1.165, 1.54) is 24.0 Å². The molecule has 2 aromatic carbocycles. The predicted octanol–water partition coefficient (Wildman–Crippen LogP) is 4.96. The van der Waals surface area contributed by atoms with Crippen LogP contribution in [0.15, 0.2) is 54.7 Å². The molecule has 1 amide bonds. The third kappa shape index (κ3) is 4.04. The predicted molar refractivity (Wildman–Crippen MR) is 125 cm³/mol. The second-order valence-corrected chi connectivity index (χ2v) is 8.60. The molecule has 0 aliphatic rings. The van der Waals surface area contributed by atoms with Crippen molar-refractivity contribution in [2.24, 2.45) is 0 Å². The number of nitrogens with zero attached hydrogens (tertiary/aromatic N) is 3. The number of carbonyl (C=O) groups excluding carboxylic acids is 2. The van der Waals surface area contributed by atoms with E-state index in [4.69, 9.17) is 4.74 Å². The maximum Gasteiger partial charge on any atom is 0.341 e. The average molecular weight is 447 g/mol. The molecule has 7 nitrogen and oxygen atoms in total. The van der Waals surface area contributed by atoms with Crippen molar-refractivity contribution in [1.82, 2.24) is 15.0 Å². The first-order valence-electron chi connectivity index (χ1n) is 9.97. The molecule has 0 radical (unpaired) electrons. The molecule has 0 spiro atoms. The summed E-state index contributed by atoms with van der Waals surface area (Å²) in [5.74, 6) is -0.771. The number of amides is 1. The number of aromatic nitrogens is 3. The van der Waals surface area contributed by atoms with Gasteiger partial charge in [0.15, 0.2) is 0 Å². The highest BCUT2D eigenvalue weighted by Gasteiger charge is 2.22. The average Bonchev–Trinajstić information content (AvgIpc) is 3.39. The summed E-state index contributed by atoms with van der Waals surface area (Å²) in [4.78, 5) is 25.9. The number of esters is 1. The topological polar surface area (TPSA) is 86.1 Å². The van der Waals surface area contributed by atoms with Crippen LogP contribution >= 0.6 is 11.3 Å². The van der Waals surface area contributed by atoms with Crippen molar-refractivity contribution >= 4 is 28.2 Å². The zero-order chi connectivity index (χ0) is 22.8. The Balaban J connectivity index is 1.58. The summed E-state index contributed by atoms with van der Waals surface area (Å²) >= 11 is 1.35. The summed E-state index contributed by atoms with van der Waals surface area (Å²) in [5.41, 5.74) is 5.48. The van der Waals surface area contributed by atoms with Crippen molar-refractivity contribution in [1.29, 1.82) is 0 Å². The molecule has 0 unspecified atom stereocenters. The lowest BCUT2D eigenvalue weighted by atomic mass is 10.1. The largest absolute Gasteiger partial charge is 0.465 e. The SMILES string of the molecule is COC(=O)c1c(NC(=O)c2ccc(-n3nncc3-c3ccc(C)cc3)cc2)sc(C)c1C. The van der Waals surface area contributed by atoms with Crippen molar-refractivity contribution in [2.75, 3.05) is 12.4 Å². The summed E-state index contributed by atoms with van der Waals surface area (Å²) < 4.78 is 6.60. The summed E-state index contributed by atoms with van der Waals surface area (Å²) in [6, 6.07) is 15.2. The Labute approximate surface area is 189 Å². The van der Waals surface area contributed by atoms with Crippen LogP contribution in [0, 0.1) is 20.8 Å². The van der Waals surface area contributed by atoms with Crippen LogP contribution in [0.3, 0.4) is 0 Å². The number of thiophene rings is 1. The van der Waals surface area contributed by atoms with E-state index in [1.807, 2.05) is 57.2 Å². The van der Waals surface area contributed by atoms with E-state index < -0.39 is 5.97 Å². The highest BCUT2D eigenvalue weighted by Crippen LogP contribution is 2.33. The highest BCUT2D eigenvalue weighted by molar-refractivity contribution is 7.16.